The number of rotatable bonds is 5. The third kappa shape index (κ3) is 2.97. The van der Waals surface area contributed by atoms with E-state index >= 15 is 0 Å². The summed E-state index contributed by atoms with van der Waals surface area (Å²) in [5.41, 5.74) is 0.978. The highest BCUT2D eigenvalue weighted by Gasteiger charge is 2.81. The van der Waals surface area contributed by atoms with Gasteiger partial charge in [0.25, 0.3) is 5.91 Å². The first-order chi connectivity index (χ1) is 19.4. The highest BCUT2D eigenvalue weighted by Crippen LogP contribution is 2.68. The van der Waals surface area contributed by atoms with Gasteiger partial charge in [0, 0.05) is 27.9 Å². The lowest BCUT2D eigenvalue weighted by atomic mass is 9.57. The molecule has 2 amide bonds. The highest BCUT2D eigenvalue weighted by molar-refractivity contribution is 6.32. The van der Waals surface area contributed by atoms with Gasteiger partial charge in [-0.3, -0.25) is 19.3 Å². The number of para-hydroxylation sites is 1. The summed E-state index contributed by atoms with van der Waals surface area (Å²) < 4.78 is 5.85. The van der Waals surface area contributed by atoms with E-state index in [1.165, 1.54) is 0 Å². The summed E-state index contributed by atoms with van der Waals surface area (Å²) in [6, 6.07) is 18.0. The summed E-state index contributed by atoms with van der Waals surface area (Å²) >= 11 is 6.51. The average Bonchev–Trinajstić information content (AvgIpc) is 3.68. The van der Waals surface area contributed by atoms with Crippen molar-refractivity contribution in [2.75, 3.05) is 23.8 Å². The van der Waals surface area contributed by atoms with Gasteiger partial charge in [0.1, 0.15) is 16.7 Å². The molecule has 0 radical (unpaired) electrons. The van der Waals surface area contributed by atoms with Gasteiger partial charge in [-0.1, -0.05) is 54.9 Å². The van der Waals surface area contributed by atoms with Crippen molar-refractivity contribution in [1.29, 1.82) is 0 Å². The molecule has 0 unspecified atom stereocenters. The molecule has 4 atom stereocenters. The second kappa shape index (κ2) is 8.91. The number of ether oxygens (including phenoxy) is 1. The van der Waals surface area contributed by atoms with Gasteiger partial charge in [0.15, 0.2) is 5.78 Å². The van der Waals surface area contributed by atoms with Crippen LogP contribution in [0.5, 0.6) is 5.75 Å². The fourth-order valence-electron chi connectivity index (χ4n) is 7.90. The molecule has 204 valence electrons. The number of nitrogens with zero attached hydrogens (tertiary/aromatic N) is 1. The third-order valence-corrected chi connectivity index (χ3v) is 9.75. The lowest BCUT2D eigenvalue weighted by molar-refractivity contribution is -0.137. The monoisotopic (exact) mass is 555 g/mol. The van der Waals surface area contributed by atoms with Gasteiger partial charge in [0.2, 0.25) is 5.91 Å². The summed E-state index contributed by atoms with van der Waals surface area (Å²) in [4.78, 5) is 46.1. The quantitative estimate of drug-likeness (QED) is 0.409. The molecule has 0 saturated carbocycles. The zero-order valence-electron chi connectivity index (χ0n) is 22.4. The largest absolute Gasteiger partial charge is 0.494 e. The summed E-state index contributed by atoms with van der Waals surface area (Å²) in [5, 5.41) is 6.72. The molecule has 3 aromatic carbocycles. The highest BCUT2D eigenvalue weighted by atomic mass is 35.5. The number of fused-ring (bicyclic) bond motifs is 7. The minimum absolute atomic E-state index is 0.158. The van der Waals surface area contributed by atoms with Crippen molar-refractivity contribution in [2.45, 2.75) is 50.1 Å². The van der Waals surface area contributed by atoms with E-state index in [0.29, 0.717) is 58.4 Å². The molecule has 0 aliphatic carbocycles. The van der Waals surface area contributed by atoms with Crippen LogP contribution in [0.15, 0.2) is 60.7 Å². The van der Waals surface area contributed by atoms with Crippen LogP contribution >= 0.6 is 11.6 Å². The Morgan fingerprint density at radius 3 is 2.70 bits per heavy atom. The van der Waals surface area contributed by atoms with Crippen molar-refractivity contribution < 1.29 is 19.1 Å². The van der Waals surface area contributed by atoms with Crippen molar-refractivity contribution >= 4 is 40.6 Å². The predicted octanol–water partition coefficient (Wildman–Crippen LogP) is 5.45. The molecule has 4 aliphatic rings. The summed E-state index contributed by atoms with van der Waals surface area (Å²) in [6.45, 7) is 5.04. The lowest BCUT2D eigenvalue weighted by Crippen LogP contribution is -2.62. The summed E-state index contributed by atoms with van der Waals surface area (Å²) in [6.07, 6.45) is 2.37. The van der Waals surface area contributed by atoms with Crippen LogP contribution in [-0.4, -0.2) is 41.7 Å². The van der Waals surface area contributed by atoms with Gasteiger partial charge in [-0.15, -0.1) is 0 Å². The Labute approximate surface area is 237 Å². The van der Waals surface area contributed by atoms with Gasteiger partial charge < -0.3 is 15.4 Å². The number of nitrogens with one attached hydrogen (secondary N) is 2. The van der Waals surface area contributed by atoms with Crippen molar-refractivity contribution in [3.05, 3.63) is 87.9 Å². The van der Waals surface area contributed by atoms with E-state index in [2.05, 4.69) is 15.5 Å². The normalized spacial score (nSPS) is 28.0. The third-order valence-electron chi connectivity index (χ3n) is 9.34. The van der Waals surface area contributed by atoms with Crippen LogP contribution in [0.4, 0.5) is 11.4 Å². The molecule has 40 heavy (non-hydrogen) atoms. The van der Waals surface area contributed by atoms with Crippen molar-refractivity contribution in [2.24, 2.45) is 5.92 Å². The van der Waals surface area contributed by atoms with E-state index in [9.17, 15) is 14.4 Å². The second-order valence-electron chi connectivity index (χ2n) is 11.2. The zero-order valence-corrected chi connectivity index (χ0v) is 23.2. The number of hydrogen-bond donors (Lipinski definition) is 2. The van der Waals surface area contributed by atoms with E-state index in [1.807, 2.05) is 56.3 Å². The predicted molar refractivity (Wildman–Crippen MR) is 153 cm³/mol. The molecular weight excluding hydrogens is 526 g/mol. The van der Waals surface area contributed by atoms with Crippen molar-refractivity contribution in [1.82, 2.24) is 4.90 Å². The van der Waals surface area contributed by atoms with Gasteiger partial charge >= 0.3 is 0 Å². The number of anilines is 2. The number of Topliss-reactive ketones (excluding diaryl/α,β-unsaturated/α-hetero) is 1. The molecule has 2 fully saturated rings. The number of ketones is 1. The molecule has 4 heterocycles. The molecular formula is C32H30ClN3O4. The molecule has 8 heteroatoms. The number of carbonyl (C=O) groups is 3. The lowest BCUT2D eigenvalue weighted by Gasteiger charge is -2.43. The van der Waals surface area contributed by atoms with Crippen molar-refractivity contribution in [3.63, 3.8) is 0 Å². The number of halogens is 1. The standard InChI is InChI=1S/C32H30ClN3O4/c1-3-16-40-20-9-6-8-19(17-20)28(37)26-25-12-7-15-36(25)32(22-13-14-23(33)18(2)27(22)35-30(32)39)31(26)21-10-4-5-11-24(21)34-29(31)38/h4-6,8-11,13-14,17,25-26H,3,7,12,15-16H2,1-2H3,(H,34,38)(H,35,39)/t25-,26-,31-,32-/m0/s1. The number of amides is 2. The first kappa shape index (κ1) is 25.3. The molecule has 2 N–H and O–H groups in total. The van der Waals surface area contributed by atoms with E-state index in [0.717, 1.165) is 18.4 Å². The minimum Gasteiger partial charge on any atom is -0.494 e. The summed E-state index contributed by atoms with van der Waals surface area (Å²) in [5.74, 6) is -0.956. The maximum atomic E-state index is 14.8. The van der Waals surface area contributed by atoms with Gasteiger partial charge in [-0.05, 0) is 68.1 Å². The maximum absolute atomic E-state index is 14.8. The van der Waals surface area contributed by atoms with E-state index < -0.39 is 16.9 Å². The minimum atomic E-state index is -1.48. The van der Waals surface area contributed by atoms with E-state index in [-0.39, 0.29) is 23.6 Å². The van der Waals surface area contributed by atoms with Crippen LogP contribution in [0.3, 0.4) is 0 Å². The SMILES string of the molecule is CCCOc1cccc(C(=O)[C@@H]2[C@@H]3CCCN3[C@@]3(C(=O)Nc4c3ccc(Cl)c4C)[C@]23C(=O)Nc2ccccc23)c1. The molecule has 7 rings (SSSR count). The molecule has 4 aliphatic heterocycles. The first-order valence-corrected chi connectivity index (χ1v) is 14.3. The number of benzene rings is 3. The van der Waals surface area contributed by atoms with Crippen LogP contribution in [-0.2, 0) is 20.5 Å². The number of carbonyl (C=O) groups excluding carboxylic acids is 3. The Bertz CT molecular complexity index is 1600. The van der Waals surface area contributed by atoms with Crippen LogP contribution in [0, 0.1) is 12.8 Å². The van der Waals surface area contributed by atoms with Crippen LogP contribution in [0.1, 0.15) is 53.2 Å². The van der Waals surface area contributed by atoms with Gasteiger partial charge in [-0.25, -0.2) is 0 Å². The van der Waals surface area contributed by atoms with E-state index in [4.69, 9.17) is 16.3 Å². The topological polar surface area (TPSA) is 87.7 Å². The van der Waals surface area contributed by atoms with Crippen LogP contribution < -0.4 is 15.4 Å². The smallest absolute Gasteiger partial charge is 0.251 e. The molecule has 2 spiro atoms. The average molecular weight is 556 g/mol. The maximum Gasteiger partial charge on any atom is 0.251 e. The van der Waals surface area contributed by atoms with Crippen molar-refractivity contribution in [3.8, 4) is 5.75 Å². The molecule has 0 aromatic heterocycles. The fraction of sp³-hybridized carbons (Fsp3) is 0.344. The molecule has 0 bridgehead atoms. The Morgan fingerprint density at radius 2 is 1.88 bits per heavy atom. The first-order valence-electron chi connectivity index (χ1n) is 13.9. The van der Waals surface area contributed by atoms with Crippen LogP contribution in [0.25, 0.3) is 0 Å². The summed E-state index contributed by atoms with van der Waals surface area (Å²) in [7, 11) is 0. The van der Waals surface area contributed by atoms with E-state index in [1.54, 1.807) is 18.2 Å². The molecule has 7 nitrogen and oxygen atoms in total. The van der Waals surface area contributed by atoms with Gasteiger partial charge in [-0.2, -0.15) is 0 Å². The van der Waals surface area contributed by atoms with Gasteiger partial charge in [0.05, 0.1) is 18.2 Å². The Kier molecular flexibility index (Phi) is 5.64. The zero-order chi connectivity index (χ0) is 27.8. The molecule has 3 aromatic rings. The number of hydrogen-bond acceptors (Lipinski definition) is 5. The molecule has 2 saturated heterocycles. The Morgan fingerprint density at radius 1 is 1.05 bits per heavy atom. The van der Waals surface area contributed by atoms with Crippen LogP contribution in [0.2, 0.25) is 5.02 Å². The Hall–Kier alpha value is -3.68. The Balaban J connectivity index is 1.52. The fourth-order valence-corrected chi connectivity index (χ4v) is 8.06. The second-order valence-corrected chi connectivity index (χ2v) is 11.6.